The van der Waals surface area contributed by atoms with Crippen molar-refractivity contribution >= 4 is 11.3 Å². The van der Waals surface area contributed by atoms with Crippen LogP contribution < -0.4 is 0 Å². The molecule has 1 aromatic heterocycles. The van der Waals surface area contributed by atoms with Crippen LogP contribution >= 0.6 is 11.3 Å². The monoisotopic (exact) mass is 268 g/mol. The van der Waals surface area contributed by atoms with E-state index in [1.807, 2.05) is 0 Å². The first-order chi connectivity index (χ1) is 8.81. The predicted octanol–water partition coefficient (Wildman–Crippen LogP) is 3.64. The number of aliphatic hydroxyl groups is 1. The van der Waals surface area contributed by atoms with E-state index in [-0.39, 0.29) is 12.2 Å². The smallest absolute Gasteiger partial charge is 0.0858 e. The number of thiophene rings is 1. The van der Waals surface area contributed by atoms with Gasteiger partial charge in [-0.05, 0) is 54.0 Å². The standard InChI is InChI=1S/C15H24O2S/c1-17-15(13-5-3-2-4-6-13)14(16)8-7-12-9-10-18-11-12/h9-11,13-16H,2-8H2,1H3. The number of aryl methyl sites for hydroxylation is 1. The highest BCUT2D eigenvalue weighted by atomic mass is 32.1. The lowest BCUT2D eigenvalue weighted by molar-refractivity contribution is -0.0568. The Morgan fingerprint density at radius 3 is 2.78 bits per heavy atom. The Hall–Kier alpha value is -0.380. The highest BCUT2D eigenvalue weighted by Gasteiger charge is 2.29. The summed E-state index contributed by atoms with van der Waals surface area (Å²) in [7, 11) is 1.74. The fourth-order valence-electron chi connectivity index (χ4n) is 3.04. The van der Waals surface area contributed by atoms with Crippen LogP contribution in [0, 0.1) is 5.92 Å². The maximum atomic E-state index is 10.3. The molecule has 3 heteroatoms. The van der Waals surface area contributed by atoms with Gasteiger partial charge < -0.3 is 9.84 Å². The Labute approximate surface area is 114 Å². The lowest BCUT2D eigenvalue weighted by atomic mass is 9.82. The van der Waals surface area contributed by atoms with Crippen molar-refractivity contribution in [2.24, 2.45) is 5.92 Å². The Morgan fingerprint density at radius 2 is 2.17 bits per heavy atom. The molecule has 2 atom stereocenters. The van der Waals surface area contributed by atoms with Gasteiger partial charge in [0.25, 0.3) is 0 Å². The first kappa shape index (κ1) is 14.0. The first-order valence-corrected chi connectivity index (χ1v) is 7.97. The third-order valence-corrected chi connectivity index (χ3v) is 4.81. The van der Waals surface area contributed by atoms with Crippen LogP contribution in [0.3, 0.4) is 0 Å². The van der Waals surface area contributed by atoms with Crippen LogP contribution in [0.5, 0.6) is 0 Å². The van der Waals surface area contributed by atoms with Crippen molar-refractivity contribution in [1.82, 2.24) is 0 Å². The van der Waals surface area contributed by atoms with Crippen molar-refractivity contribution in [1.29, 1.82) is 0 Å². The van der Waals surface area contributed by atoms with Gasteiger partial charge >= 0.3 is 0 Å². The molecule has 2 rings (SSSR count). The van der Waals surface area contributed by atoms with Crippen LogP contribution in [0.2, 0.25) is 0 Å². The van der Waals surface area contributed by atoms with Gasteiger partial charge in [-0.25, -0.2) is 0 Å². The number of rotatable bonds is 6. The van der Waals surface area contributed by atoms with Crippen molar-refractivity contribution in [3.63, 3.8) is 0 Å². The largest absolute Gasteiger partial charge is 0.390 e. The maximum absolute atomic E-state index is 10.3. The number of methoxy groups -OCH3 is 1. The summed E-state index contributed by atoms with van der Waals surface area (Å²) in [5.74, 6) is 0.557. The van der Waals surface area contributed by atoms with Crippen LogP contribution in [0.25, 0.3) is 0 Å². The highest BCUT2D eigenvalue weighted by molar-refractivity contribution is 7.07. The molecule has 1 fully saturated rings. The van der Waals surface area contributed by atoms with E-state index in [4.69, 9.17) is 4.74 Å². The second-order valence-corrected chi connectivity index (χ2v) is 6.12. The molecule has 0 aliphatic heterocycles. The minimum atomic E-state index is -0.321. The fourth-order valence-corrected chi connectivity index (χ4v) is 3.74. The zero-order valence-electron chi connectivity index (χ0n) is 11.2. The topological polar surface area (TPSA) is 29.5 Å². The summed E-state index contributed by atoms with van der Waals surface area (Å²) < 4.78 is 5.57. The van der Waals surface area contributed by atoms with Crippen LogP contribution in [0.15, 0.2) is 16.8 Å². The van der Waals surface area contributed by atoms with Gasteiger partial charge in [0.15, 0.2) is 0 Å². The van der Waals surface area contributed by atoms with Gasteiger partial charge in [-0.3, -0.25) is 0 Å². The second kappa shape index (κ2) is 7.27. The van der Waals surface area contributed by atoms with E-state index in [1.165, 1.54) is 37.7 Å². The lowest BCUT2D eigenvalue weighted by Crippen LogP contribution is -2.36. The Morgan fingerprint density at radius 1 is 1.39 bits per heavy atom. The van der Waals surface area contributed by atoms with Gasteiger partial charge in [0.1, 0.15) is 0 Å². The molecule has 1 aliphatic carbocycles. The maximum Gasteiger partial charge on any atom is 0.0858 e. The molecule has 1 aromatic rings. The molecule has 2 nitrogen and oxygen atoms in total. The van der Waals surface area contributed by atoms with E-state index in [1.54, 1.807) is 18.4 Å². The molecule has 0 spiro atoms. The second-order valence-electron chi connectivity index (χ2n) is 5.34. The molecule has 2 unspecified atom stereocenters. The molecular weight excluding hydrogens is 244 g/mol. The summed E-state index contributed by atoms with van der Waals surface area (Å²) in [5.41, 5.74) is 1.33. The molecule has 0 aromatic carbocycles. The van der Waals surface area contributed by atoms with Crippen LogP contribution in [-0.4, -0.2) is 24.4 Å². The summed E-state index contributed by atoms with van der Waals surface area (Å²) in [6.45, 7) is 0. The average Bonchev–Trinajstić information content (AvgIpc) is 2.92. The summed E-state index contributed by atoms with van der Waals surface area (Å²) in [4.78, 5) is 0. The predicted molar refractivity (Wildman–Crippen MR) is 76.0 cm³/mol. The summed E-state index contributed by atoms with van der Waals surface area (Å²) in [5, 5.41) is 14.6. The Bertz CT molecular complexity index is 317. The SMILES string of the molecule is COC(C(O)CCc1ccsc1)C1CCCCC1. The van der Waals surface area contributed by atoms with Gasteiger partial charge in [-0.1, -0.05) is 19.3 Å². The van der Waals surface area contributed by atoms with Gasteiger partial charge in [0.05, 0.1) is 12.2 Å². The average molecular weight is 268 g/mol. The number of ether oxygens (including phenoxy) is 1. The van der Waals surface area contributed by atoms with E-state index in [0.717, 1.165) is 12.8 Å². The molecule has 1 heterocycles. The molecule has 1 N–H and O–H groups in total. The van der Waals surface area contributed by atoms with E-state index in [9.17, 15) is 5.11 Å². The molecule has 1 aliphatic rings. The van der Waals surface area contributed by atoms with Crippen LogP contribution in [0.1, 0.15) is 44.1 Å². The van der Waals surface area contributed by atoms with Crippen molar-refractivity contribution in [2.45, 2.75) is 57.2 Å². The van der Waals surface area contributed by atoms with E-state index in [2.05, 4.69) is 16.8 Å². The van der Waals surface area contributed by atoms with Gasteiger partial charge in [0, 0.05) is 7.11 Å². The quantitative estimate of drug-likeness (QED) is 0.853. The minimum Gasteiger partial charge on any atom is -0.390 e. The Kier molecular flexibility index (Phi) is 5.67. The van der Waals surface area contributed by atoms with E-state index >= 15 is 0 Å². The van der Waals surface area contributed by atoms with Gasteiger partial charge in [-0.15, -0.1) is 0 Å². The molecule has 0 bridgehead atoms. The molecular formula is C15H24O2S. The number of aliphatic hydroxyl groups excluding tert-OH is 1. The fraction of sp³-hybridized carbons (Fsp3) is 0.733. The highest BCUT2D eigenvalue weighted by Crippen LogP contribution is 2.30. The number of hydrogen-bond donors (Lipinski definition) is 1. The molecule has 0 saturated heterocycles. The summed E-state index contributed by atoms with van der Waals surface area (Å²) in [6.07, 6.45) is 7.84. The molecule has 102 valence electrons. The van der Waals surface area contributed by atoms with Gasteiger partial charge in [0.2, 0.25) is 0 Å². The van der Waals surface area contributed by atoms with Crippen molar-refractivity contribution in [2.75, 3.05) is 7.11 Å². The molecule has 18 heavy (non-hydrogen) atoms. The first-order valence-electron chi connectivity index (χ1n) is 7.03. The van der Waals surface area contributed by atoms with Crippen molar-refractivity contribution < 1.29 is 9.84 Å². The summed E-state index contributed by atoms with van der Waals surface area (Å²) >= 11 is 1.72. The van der Waals surface area contributed by atoms with Crippen molar-refractivity contribution in [3.05, 3.63) is 22.4 Å². The lowest BCUT2D eigenvalue weighted by Gasteiger charge is -2.32. The minimum absolute atomic E-state index is 0.0314. The van der Waals surface area contributed by atoms with E-state index < -0.39 is 0 Å². The zero-order valence-corrected chi connectivity index (χ0v) is 12.0. The summed E-state index contributed by atoms with van der Waals surface area (Å²) in [6, 6.07) is 2.14. The van der Waals surface area contributed by atoms with Gasteiger partial charge in [-0.2, -0.15) is 11.3 Å². The third-order valence-electron chi connectivity index (χ3n) is 4.07. The third kappa shape index (κ3) is 3.81. The van der Waals surface area contributed by atoms with E-state index in [0.29, 0.717) is 5.92 Å². The van der Waals surface area contributed by atoms with Crippen LogP contribution in [-0.2, 0) is 11.2 Å². The zero-order chi connectivity index (χ0) is 12.8. The number of hydrogen-bond acceptors (Lipinski definition) is 3. The molecule has 0 amide bonds. The molecule has 1 saturated carbocycles. The molecule has 0 radical (unpaired) electrons. The normalized spacial score (nSPS) is 20.8. The van der Waals surface area contributed by atoms with Crippen molar-refractivity contribution in [3.8, 4) is 0 Å². The Balaban J connectivity index is 1.82. The van der Waals surface area contributed by atoms with Crippen LogP contribution in [0.4, 0.5) is 0 Å².